The second-order valence-electron chi connectivity index (χ2n) is 12.4. The van der Waals surface area contributed by atoms with E-state index in [0.29, 0.717) is 44.7 Å². The lowest BCUT2D eigenvalue weighted by Crippen LogP contribution is -2.55. The smallest absolute Gasteiger partial charge is 0.249 e. The summed E-state index contributed by atoms with van der Waals surface area (Å²) in [5.41, 5.74) is 1.07. The second-order valence-corrected chi connectivity index (χ2v) is 14.4. The molecule has 1 fully saturated rings. The van der Waals surface area contributed by atoms with Crippen molar-refractivity contribution in [1.29, 1.82) is 0 Å². The molecule has 2 aromatic rings. The summed E-state index contributed by atoms with van der Waals surface area (Å²) in [5.74, 6) is 1.13. The number of amides is 2. The van der Waals surface area contributed by atoms with E-state index in [1.807, 2.05) is 18.2 Å². The molecule has 4 rings (SSSR count). The highest BCUT2D eigenvalue weighted by molar-refractivity contribution is 14.1. The first-order valence-electron chi connectivity index (χ1n) is 15.5. The first-order chi connectivity index (χ1) is 21.5. The molecule has 0 spiro atoms. The van der Waals surface area contributed by atoms with Gasteiger partial charge >= 0.3 is 0 Å². The summed E-state index contributed by atoms with van der Waals surface area (Å²) in [6.45, 7) is 6.40. The lowest BCUT2D eigenvalue weighted by molar-refractivity contribution is -0.149. The fraction of sp³-hybridized carbons (Fsp3) is 0.529. The number of nitrogens with zero attached hydrogens (tertiary/aromatic N) is 1. The summed E-state index contributed by atoms with van der Waals surface area (Å²) in [6, 6.07) is 11.7. The molecule has 45 heavy (non-hydrogen) atoms. The van der Waals surface area contributed by atoms with Crippen LogP contribution < -0.4 is 10.1 Å². The number of carbonyl (C=O) groups excluding carboxylic acids is 2. The number of nitrogens with one attached hydrogen (secondary N) is 1. The maximum Gasteiger partial charge on any atom is 0.249 e. The number of aliphatic hydroxyl groups excluding tert-OH is 2. The van der Waals surface area contributed by atoms with Gasteiger partial charge < -0.3 is 29.9 Å². The Labute approximate surface area is 289 Å². The number of hydrogen-bond donors (Lipinski definition) is 3. The minimum absolute atomic E-state index is 0.0447. The zero-order chi connectivity index (χ0) is 32.7. The first-order valence-corrected chi connectivity index (χ1v) is 17.4. The van der Waals surface area contributed by atoms with Gasteiger partial charge in [0.2, 0.25) is 11.8 Å². The fourth-order valence-corrected chi connectivity index (χ4v) is 7.09. The second kappa shape index (κ2) is 16.8. The largest absolute Gasteiger partial charge is 0.482 e. The molecule has 6 atom stereocenters. The highest BCUT2D eigenvalue weighted by atomic mass is 127. The van der Waals surface area contributed by atoms with Crippen molar-refractivity contribution >= 4 is 57.6 Å². The van der Waals surface area contributed by atoms with Crippen molar-refractivity contribution in [3.05, 3.63) is 73.3 Å². The van der Waals surface area contributed by atoms with Gasteiger partial charge in [0.15, 0.2) is 0 Å². The molecule has 0 aromatic heterocycles. The van der Waals surface area contributed by atoms with Gasteiger partial charge in [0.25, 0.3) is 0 Å². The van der Waals surface area contributed by atoms with Gasteiger partial charge in [0.05, 0.1) is 32.4 Å². The Kier molecular flexibility index (Phi) is 13.4. The minimum atomic E-state index is -1.17. The molecule has 1 saturated carbocycles. The van der Waals surface area contributed by atoms with E-state index in [1.54, 1.807) is 35.2 Å². The van der Waals surface area contributed by atoms with E-state index >= 15 is 0 Å². The zero-order valence-electron chi connectivity index (χ0n) is 25.9. The first kappa shape index (κ1) is 36.0. The lowest BCUT2D eigenvalue weighted by atomic mass is 9.75. The molecule has 0 radical (unpaired) electrons. The van der Waals surface area contributed by atoms with Crippen LogP contribution in [0.15, 0.2) is 54.1 Å². The maximum atomic E-state index is 14.1. The predicted molar refractivity (Wildman–Crippen MR) is 184 cm³/mol. The van der Waals surface area contributed by atoms with Crippen LogP contribution >= 0.6 is 45.8 Å². The molecule has 6 unspecified atom stereocenters. The molecule has 2 amide bonds. The van der Waals surface area contributed by atoms with Crippen LogP contribution in [0.25, 0.3) is 0 Å². The molecule has 2 aliphatic rings. The Morgan fingerprint density at radius 1 is 1.13 bits per heavy atom. The van der Waals surface area contributed by atoms with Gasteiger partial charge in [-0.15, -0.1) is 0 Å². The molecule has 0 heterocycles. The van der Waals surface area contributed by atoms with Gasteiger partial charge in [0.1, 0.15) is 24.6 Å². The molecule has 0 aliphatic heterocycles. The lowest BCUT2D eigenvalue weighted by Gasteiger charge is -2.41. The highest BCUT2D eigenvalue weighted by Crippen LogP contribution is 2.36. The normalized spacial score (nSPS) is 25.0. The van der Waals surface area contributed by atoms with Crippen LogP contribution in [0.1, 0.15) is 52.0 Å². The highest BCUT2D eigenvalue weighted by Gasteiger charge is 2.41. The van der Waals surface area contributed by atoms with E-state index in [2.05, 4.69) is 48.7 Å². The van der Waals surface area contributed by atoms with E-state index < -0.39 is 24.2 Å². The topological polar surface area (TPSA) is 108 Å². The van der Waals surface area contributed by atoms with Crippen molar-refractivity contribution in [3.63, 3.8) is 0 Å². The monoisotopic (exact) mass is 772 g/mol. The van der Waals surface area contributed by atoms with Crippen LogP contribution in [-0.4, -0.2) is 71.0 Å². The minimum Gasteiger partial charge on any atom is -0.482 e. The third-order valence-corrected chi connectivity index (χ3v) is 10.4. The van der Waals surface area contributed by atoms with Crippen molar-refractivity contribution in [2.75, 3.05) is 19.8 Å². The Hall–Kier alpha value is -1.89. The molecule has 246 valence electrons. The summed E-state index contributed by atoms with van der Waals surface area (Å²) in [6.07, 6.45) is 2.63. The van der Waals surface area contributed by atoms with Crippen LogP contribution in [0.3, 0.4) is 0 Å². The number of aliphatic hydroxyl groups is 2. The standard InChI is InChI=1S/C34H43Cl2IN2O6/c1-20(2)24-10-8-21(3)14-30(24)44-19-32(41)39(18-22-9-11-25(35)26(36)15-22)28-16-23(34(43)38-12-13-40)17-31(33(28)42)45-29-7-5-4-6-27(29)37/h4-7,9,11,15,17,20-21,24,28,30-31,33,40,42H,8,10,12-14,16,18-19H2,1-3H3,(H,38,43). The number of halogens is 3. The van der Waals surface area contributed by atoms with Crippen LogP contribution in [-0.2, 0) is 20.9 Å². The fourth-order valence-electron chi connectivity index (χ4n) is 6.26. The molecule has 0 bridgehead atoms. The van der Waals surface area contributed by atoms with Crippen molar-refractivity contribution in [3.8, 4) is 5.75 Å². The summed E-state index contributed by atoms with van der Waals surface area (Å²) in [4.78, 5) is 28.9. The average Bonchev–Trinajstić information content (AvgIpc) is 3.01. The Balaban J connectivity index is 1.66. The van der Waals surface area contributed by atoms with Gasteiger partial charge in [-0.25, -0.2) is 0 Å². The van der Waals surface area contributed by atoms with Crippen LogP contribution in [0.5, 0.6) is 5.75 Å². The van der Waals surface area contributed by atoms with Crippen molar-refractivity contribution in [2.45, 2.75) is 77.4 Å². The van der Waals surface area contributed by atoms with Crippen molar-refractivity contribution in [2.24, 2.45) is 17.8 Å². The molecule has 8 nitrogen and oxygen atoms in total. The average molecular weight is 774 g/mol. The molecular weight excluding hydrogens is 730 g/mol. The van der Waals surface area contributed by atoms with E-state index in [9.17, 15) is 19.8 Å². The van der Waals surface area contributed by atoms with Crippen LogP contribution in [0.2, 0.25) is 10.0 Å². The van der Waals surface area contributed by atoms with Crippen molar-refractivity contribution in [1.82, 2.24) is 10.2 Å². The molecule has 11 heteroatoms. The van der Waals surface area contributed by atoms with E-state index in [1.165, 1.54) is 0 Å². The summed E-state index contributed by atoms with van der Waals surface area (Å²) in [5, 5.41) is 24.5. The Bertz CT molecular complexity index is 1360. The number of para-hydroxylation sites is 1. The number of hydrogen-bond acceptors (Lipinski definition) is 6. The molecule has 0 saturated heterocycles. The summed E-state index contributed by atoms with van der Waals surface area (Å²) < 4.78 is 13.5. The number of ether oxygens (including phenoxy) is 2. The van der Waals surface area contributed by atoms with Crippen LogP contribution in [0, 0.1) is 21.3 Å². The Morgan fingerprint density at radius 2 is 1.89 bits per heavy atom. The summed E-state index contributed by atoms with van der Waals surface area (Å²) >= 11 is 14.7. The molecule has 3 N–H and O–H groups in total. The molecular formula is C34H43Cl2IN2O6. The zero-order valence-corrected chi connectivity index (χ0v) is 29.6. The summed E-state index contributed by atoms with van der Waals surface area (Å²) in [7, 11) is 0. The number of carbonyl (C=O) groups is 2. The maximum absolute atomic E-state index is 14.1. The van der Waals surface area contributed by atoms with Gasteiger partial charge in [0, 0.05) is 25.1 Å². The number of benzene rings is 2. The van der Waals surface area contributed by atoms with E-state index in [0.717, 1.165) is 22.8 Å². The van der Waals surface area contributed by atoms with Crippen LogP contribution in [0.4, 0.5) is 0 Å². The molecule has 2 aromatic carbocycles. The number of rotatable bonds is 12. The van der Waals surface area contributed by atoms with E-state index in [-0.39, 0.29) is 44.7 Å². The van der Waals surface area contributed by atoms with Gasteiger partial charge in [-0.05, 0) is 89.1 Å². The quantitative estimate of drug-likeness (QED) is 0.228. The van der Waals surface area contributed by atoms with Gasteiger partial charge in [-0.1, -0.05) is 68.6 Å². The van der Waals surface area contributed by atoms with Crippen molar-refractivity contribution < 1.29 is 29.3 Å². The third kappa shape index (κ3) is 9.58. The SMILES string of the molecule is CC1CCC(C(C)C)C(OCC(=O)N(Cc2ccc(Cl)c(Cl)c2)C2CC(C(=O)NCCO)=CC(Oc3ccccc3I)C2O)C1. The predicted octanol–water partition coefficient (Wildman–Crippen LogP) is 6.02. The van der Waals surface area contributed by atoms with Gasteiger partial charge in [-0.3, -0.25) is 9.59 Å². The third-order valence-electron chi connectivity index (χ3n) is 8.75. The van der Waals surface area contributed by atoms with Gasteiger partial charge in [-0.2, -0.15) is 0 Å². The molecule has 2 aliphatic carbocycles. The van der Waals surface area contributed by atoms with E-state index in [4.69, 9.17) is 32.7 Å². The Morgan fingerprint density at radius 3 is 2.58 bits per heavy atom.